The van der Waals surface area contributed by atoms with Crippen LogP contribution in [0.3, 0.4) is 0 Å². The number of ether oxygens (including phenoxy) is 3. The lowest BCUT2D eigenvalue weighted by Gasteiger charge is -2.32. The van der Waals surface area contributed by atoms with Gasteiger partial charge in [-0.1, -0.05) is 12.1 Å². The summed E-state index contributed by atoms with van der Waals surface area (Å²) in [6.45, 7) is 1.74. The van der Waals surface area contributed by atoms with Crippen molar-refractivity contribution in [1.29, 1.82) is 0 Å². The average molecular weight is 470 g/mol. The van der Waals surface area contributed by atoms with Crippen LogP contribution in [0, 0.1) is 5.92 Å². The van der Waals surface area contributed by atoms with E-state index in [4.69, 9.17) is 14.2 Å². The van der Waals surface area contributed by atoms with Crippen molar-refractivity contribution in [2.75, 3.05) is 53.4 Å². The van der Waals surface area contributed by atoms with Crippen molar-refractivity contribution in [2.24, 2.45) is 5.92 Å². The molecule has 3 rings (SSSR count). The van der Waals surface area contributed by atoms with Crippen LogP contribution in [0.5, 0.6) is 17.2 Å². The van der Waals surface area contributed by atoms with Crippen LogP contribution in [0.1, 0.15) is 35.2 Å². The number of hydrogen-bond acceptors (Lipinski definition) is 6. The van der Waals surface area contributed by atoms with Gasteiger partial charge in [-0.15, -0.1) is 0 Å². The first-order valence-corrected chi connectivity index (χ1v) is 11.5. The minimum Gasteiger partial charge on any atom is -0.493 e. The van der Waals surface area contributed by atoms with Crippen LogP contribution in [-0.2, 0) is 11.3 Å². The van der Waals surface area contributed by atoms with Crippen LogP contribution in [-0.4, -0.2) is 65.2 Å². The number of benzene rings is 2. The highest BCUT2D eigenvalue weighted by Crippen LogP contribution is 2.38. The number of likely N-dealkylation sites (tertiary alicyclic amines) is 1. The Morgan fingerprint density at radius 1 is 0.971 bits per heavy atom. The van der Waals surface area contributed by atoms with Gasteiger partial charge in [-0.3, -0.25) is 9.59 Å². The Hall–Kier alpha value is -3.42. The number of rotatable bonds is 9. The molecule has 2 aromatic rings. The van der Waals surface area contributed by atoms with E-state index in [1.807, 2.05) is 48.2 Å². The molecule has 1 aliphatic heterocycles. The lowest BCUT2D eigenvalue weighted by molar-refractivity contribution is -0.122. The molecule has 1 N–H and O–H groups in total. The Kier molecular flexibility index (Phi) is 8.62. The molecule has 0 bridgehead atoms. The Labute approximate surface area is 201 Å². The van der Waals surface area contributed by atoms with E-state index in [-0.39, 0.29) is 17.7 Å². The van der Waals surface area contributed by atoms with Gasteiger partial charge in [-0.25, -0.2) is 0 Å². The van der Waals surface area contributed by atoms with E-state index in [9.17, 15) is 9.59 Å². The molecular formula is C26H35N3O5. The molecule has 1 heterocycles. The van der Waals surface area contributed by atoms with Gasteiger partial charge in [0.1, 0.15) is 0 Å². The molecule has 0 aromatic heterocycles. The maximum Gasteiger partial charge on any atom is 0.254 e. The molecule has 0 atom stereocenters. The zero-order valence-electron chi connectivity index (χ0n) is 20.7. The highest BCUT2D eigenvalue weighted by Gasteiger charge is 2.26. The summed E-state index contributed by atoms with van der Waals surface area (Å²) in [6.07, 6.45) is 2.06. The molecule has 0 spiro atoms. The van der Waals surface area contributed by atoms with E-state index in [1.54, 1.807) is 12.1 Å². The van der Waals surface area contributed by atoms with Crippen molar-refractivity contribution in [2.45, 2.75) is 25.8 Å². The second kappa shape index (κ2) is 11.6. The third-order valence-electron chi connectivity index (χ3n) is 6.23. The monoisotopic (exact) mass is 469 g/mol. The Balaban J connectivity index is 1.50. The number of nitrogens with one attached hydrogen (secondary N) is 1. The average Bonchev–Trinajstić information content (AvgIpc) is 2.86. The van der Waals surface area contributed by atoms with Gasteiger partial charge in [-0.05, 0) is 48.6 Å². The second-order valence-electron chi connectivity index (χ2n) is 8.69. The summed E-state index contributed by atoms with van der Waals surface area (Å²) in [4.78, 5) is 29.4. The SMILES string of the molecule is COc1cc(C(=O)N2CCC(CC(=O)NCc3ccc(N(C)C)cc3)CC2)cc(OC)c1OC. The number of amides is 2. The standard InChI is InChI=1S/C26H35N3O5/c1-28(2)21-8-6-19(7-9-21)17-27-24(30)14-18-10-12-29(13-11-18)26(31)20-15-22(32-3)25(34-5)23(16-20)33-4/h6-9,15-16,18H,10-14,17H2,1-5H3,(H,27,30). The van der Waals surface area contributed by atoms with E-state index < -0.39 is 0 Å². The molecule has 8 nitrogen and oxygen atoms in total. The molecule has 34 heavy (non-hydrogen) atoms. The molecule has 1 fully saturated rings. The highest BCUT2D eigenvalue weighted by molar-refractivity contribution is 5.95. The fraction of sp³-hybridized carbons (Fsp3) is 0.462. The third kappa shape index (κ3) is 6.12. The van der Waals surface area contributed by atoms with Gasteiger partial charge < -0.3 is 29.3 Å². The summed E-state index contributed by atoms with van der Waals surface area (Å²) < 4.78 is 16.1. The lowest BCUT2D eigenvalue weighted by atomic mass is 9.92. The van der Waals surface area contributed by atoms with Crippen molar-refractivity contribution < 1.29 is 23.8 Å². The molecule has 1 aliphatic rings. The van der Waals surface area contributed by atoms with Crippen molar-refractivity contribution in [3.8, 4) is 17.2 Å². The van der Waals surface area contributed by atoms with E-state index >= 15 is 0 Å². The third-order valence-corrected chi connectivity index (χ3v) is 6.23. The Morgan fingerprint density at radius 3 is 2.06 bits per heavy atom. The molecule has 2 amide bonds. The quantitative estimate of drug-likeness (QED) is 0.607. The van der Waals surface area contributed by atoms with Gasteiger partial charge in [0.25, 0.3) is 5.91 Å². The van der Waals surface area contributed by atoms with Crippen molar-refractivity contribution >= 4 is 17.5 Å². The largest absolute Gasteiger partial charge is 0.493 e. The van der Waals surface area contributed by atoms with Crippen LogP contribution >= 0.6 is 0 Å². The van der Waals surface area contributed by atoms with Gasteiger partial charge in [0, 0.05) is 51.4 Å². The van der Waals surface area contributed by atoms with E-state index in [0.29, 0.717) is 48.9 Å². The number of carbonyl (C=O) groups excluding carboxylic acids is 2. The second-order valence-corrected chi connectivity index (χ2v) is 8.69. The first-order valence-electron chi connectivity index (χ1n) is 11.5. The summed E-state index contributed by atoms with van der Waals surface area (Å²) in [6, 6.07) is 11.5. The van der Waals surface area contributed by atoms with E-state index in [2.05, 4.69) is 5.32 Å². The summed E-state index contributed by atoms with van der Waals surface area (Å²) in [5.41, 5.74) is 2.69. The van der Waals surface area contributed by atoms with Gasteiger partial charge in [0.05, 0.1) is 21.3 Å². The minimum absolute atomic E-state index is 0.0473. The summed E-state index contributed by atoms with van der Waals surface area (Å²) in [5.74, 6) is 1.59. The van der Waals surface area contributed by atoms with Gasteiger partial charge in [0.15, 0.2) is 11.5 Å². The van der Waals surface area contributed by atoms with Crippen LogP contribution in [0.4, 0.5) is 5.69 Å². The zero-order chi connectivity index (χ0) is 24.7. The van der Waals surface area contributed by atoms with Crippen molar-refractivity contribution in [1.82, 2.24) is 10.2 Å². The number of methoxy groups -OCH3 is 3. The maximum atomic E-state index is 13.1. The molecule has 0 aliphatic carbocycles. The predicted molar refractivity (Wildman–Crippen MR) is 132 cm³/mol. The summed E-state index contributed by atoms with van der Waals surface area (Å²) in [7, 11) is 8.59. The molecule has 2 aromatic carbocycles. The predicted octanol–water partition coefficient (Wildman–Crippen LogP) is 3.34. The first-order chi connectivity index (χ1) is 16.4. The normalized spacial score (nSPS) is 13.9. The molecular weight excluding hydrogens is 434 g/mol. The topological polar surface area (TPSA) is 80.3 Å². The molecule has 0 saturated carbocycles. The fourth-order valence-electron chi connectivity index (χ4n) is 4.17. The lowest BCUT2D eigenvalue weighted by Crippen LogP contribution is -2.39. The van der Waals surface area contributed by atoms with E-state index in [0.717, 1.165) is 24.1 Å². The summed E-state index contributed by atoms with van der Waals surface area (Å²) in [5, 5.41) is 3.02. The molecule has 1 saturated heterocycles. The van der Waals surface area contributed by atoms with Gasteiger partial charge >= 0.3 is 0 Å². The smallest absolute Gasteiger partial charge is 0.254 e. The molecule has 0 unspecified atom stereocenters. The van der Waals surface area contributed by atoms with Crippen LogP contribution in [0.2, 0.25) is 0 Å². The number of nitrogens with zero attached hydrogens (tertiary/aromatic N) is 2. The molecule has 184 valence electrons. The number of piperidine rings is 1. The zero-order valence-corrected chi connectivity index (χ0v) is 20.7. The van der Waals surface area contributed by atoms with Crippen LogP contribution in [0.15, 0.2) is 36.4 Å². The number of carbonyl (C=O) groups is 2. The fourth-order valence-corrected chi connectivity index (χ4v) is 4.17. The Morgan fingerprint density at radius 2 is 1.56 bits per heavy atom. The van der Waals surface area contributed by atoms with Crippen molar-refractivity contribution in [3.05, 3.63) is 47.5 Å². The highest BCUT2D eigenvalue weighted by atomic mass is 16.5. The first kappa shape index (κ1) is 25.2. The van der Waals surface area contributed by atoms with E-state index in [1.165, 1.54) is 21.3 Å². The maximum absolute atomic E-state index is 13.1. The van der Waals surface area contributed by atoms with Crippen LogP contribution < -0.4 is 24.4 Å². The molecule has 8 heteroatoms. The van der Waals surface area contributed by atoms with Crippen molar-refractivity contribution in [3.63, 3.8) is 0 Å². The number of hydrogen-bond donors (Lipinski definition) is 1. The number of anilines is 1. The van der Waals surface area contributed by atoms with Gasteiger partial charge in [-0.2, -0.15) is 0 Å². The van der Waals surface area contributed by atoms with Crippen LogP contribution in [0.25, 0.3) is 0 Å². The summed E-state index contributed by atoms with van der Waals surface area (Å²) >= 11 is 0. The minimum atomic E-state index is -0.0803. The molecule has 0 radical (unpaired) electrons. The van der Waals surface area contributed by atoms with Gasteiger partial charge in [0.2, 0.25) is 11.7 Å². The Bertz CT molecular complexity index is 957.